The molecule has 0 spiro atoms. The number of nitriles is 1. The van der Waals surface area contributed by atoms with E-state index in [0.717, 1.165) is 11.1 Å². The summed E-state index contributed by atoms with van der Waals surface area (Å²) in [6.07, 6.45) is 2.96. The maximum absolute atomic E-state index is 12.0. The van der Waals surface area contributed by atoms with E-state index in [1.54, 1.807) is 42.5 Å². The molecule has 128 valence electrons. The summed E-state index contributed by atoms with van der Waals surface area (Å²) >= 11 is 0. The lowest BCUT2D eigenvalue weighted by Gasteiger charge is -2.09. The highest BCUT2D eigenvalue weighted by molar-refractivity contribution is 6.02. The molecule has 0 aromatic heterocycles. The van der Waals surface area contributed by atoms with Crippen LogP contribution in [-0.2, 0) is 4.79 Å². The first-order chi connectivity index (χ1) is 12.0. The molecule has 0 radical (unpaired) electrons. The maximum atomic E-state index is 12.0. The number of rotatable bonds is 6. The van der Waals surface area contributed by atoms with Crippen molar-refractivity contribution in [3.05, 3.63) is 53.6 Å². The number of methoxy groups -OCH3 is 1. The summed E-state index contributed by atoms with van der Waals surface area (Å²) in [7, 11) is 1.49. The summed E-state index contributed by atoms with van der Waals surface area (Å²) in [4.78, 5) is 12.0. The molecule has 0 bridgehead atoms. The third-order valence-electron chi connectivity index (χ3n) is 3.32. The first-order valence-electron chi connectivity index (χ1n) is 7.50. The van der Waals surface area contributed by atoms with Crippen LogP contribution in [0.2, 0.25) is 0 Å². The molecule has 2 aromatic carbocycles. The molecule has 2 rings (SSSR count). The van der Waals surface area contributed by atoms with Crippen molar-refractivity contribution in [1.82, 2.24) is 0 Å². The van der Waals surface area contributed by atoms with Crippen molar-refractivity contribution >= 4 is 17.7 Å². The third kappa shape index (κ3) is 5.01. The molecule has 6 nitrogen and oxygen atoms in total. The number of benzene rings is 2. The number of hydrogen-bond acceptors (Lipinski definition) is 5. The molecule has 0 saturated heterocycles. The van der Waals surface area contributed by atoms with Crippen LogP contribution < -0.4 is 14.8 Å². The fraction of sp³-hybridized carbons (Fsp3) is 0.158. The number of aromatic hydroxyl groups is 1. The highest BCUT2D eigenvalue weighted by Gasteiger charge is 2.06. The summed E-state index contributed by atoms with van der Waals surface area (Å²) in [6, 6.07) is 12.0. The molecular weight excluding hydrogens is 320 g/mol. The van der Waals surface area contributed by atoms with E-state index >= 15 is 0 Å². The van der Waals surface area contributed by atoms with E-state index in [0.29, 0.717) is 17.2 Å². The van der Waals surface area contributed by atoms with Crippen LogP contribution in [0.15, 0.2) is 42.5 Å². The Bertz CT molecular complexity index is 838. The molecule has 0 aliphatic rings. The molecule has 0 aliphatic heterocycles. The van der Waals surface area contributed by atoms with E-state index in [4.69, 9.17) is 14.7 Å². The standard InChI is InChI=1S/C19H18N2O4/c1-13-3-6-15(16(22)11-13)21-19(23)8-5-14-4-7-17(25-10-9-20)18(12-14)24-2/h3-8,11-12,22H,10H2,1-2H3,(H,21,23)/b8-5+. The van der Waals surface area contributed by atoms with Crippen molar-refractivity contribution in [3.63, 3.8) is 0 Å². The monoisotopic (exact) mass is 338 g/mol. The van der Waals surface area contributed by atoms with Crippen LogP contribution in [0.25, 0.3) is 6.08 Å². The molecule has 0 fully saturated rings. The first-order valence-corrected chi connectivity index (χ1v) is 7.50. The predicted octanol–water partition coefficient (Wildman–Crippen LogP) is 3.26. The van der Waals surface area contributed by atoms with Gasteiger partial charge in [-0.15, -0.1) is 0 Å². The lowest BCUT2D eigenvalue weighted by molar-refractivity contribution is -0.111. The molecule has 0 aliphatic carbocycles. The van der Waals surface area contributed by atoms with Gasteiger partial charge in [0.05, 0.1) is 12.8 Å². The topological polar surface area (TPSA) is 91.6 Å². The van der Waals surface area contributed by atoms with Gasteiger partial charge in [0.1, 0.15) is 11.8 Å². The van der Waals surface area contributed by atoms with Crippen LogP contribution >= 0.6 is 0 Å². The van der Waals surface area contributed by atoms with Gasteiger partial charge in [-0.3, -0.25) is 4.79 Å². The second-order valence-electron chi connectivity index (χ2n) is 5.20. The van der Waals surface area contributed by atoms with Gasteiger partial charge in [-0.2, -0.15) is 5.26 Å². The van der Waals surface area contributed by atoms with Crippen molar-refractivity contribution in [1.29, 1.82) is 5.26 Å². The number of ether oxygens (including phenoxy) is 2. The zero-order chi connectivity index (χ0) is 18.2. The number of aryl methyl sites for hydroxylation is 1. The molecule has 1 amide bonds. The fourth-order valence-corrected chi connectivity index (χ4v) is 2.11. The summed E-state index contributed by atoms with van der Waals surface area (Å²) in [6.45, 7) is 1.77. The molecule has 2 N–H and O–H groups in total. The van der Waals surface area contributed by atoms with E-state index in [1.807, 2.05) is 13.0 Å². The van der Waals surface area contributed by atoms with Gasteiger partial charge < -0.3 is 19.9 Å². The normalized spacial score (nSPS) is 10.3. The van der Waals surface area contributed by atoms with Gasteiger partial charge in [-0.05, 0) is 48.4 Å². The maximum Gasteiger partial charge on any atom is 0.248 e. The highest BCUT2D eigenvalue weighted by atomic mass is 16.5. The number of amides is 1. The number of carbonyl (C=O) groups excluding carboxylic acids is 1. The largest absolute Gasteiger partial charge is 0.506 e. The molecular formula is C19H18N2O4. The molecule has 0 heterocycles. The Morgan fingerprint density at radius 2 is 2.08 bits per heavy atom. The van der Waals surface area contributed by atoms with Gasteiger partial charge in [0, 0.05) is 6.08 Å². The van der Waals surface area contributed by atoms with Crippen LogP contribution in [-0.4, -0.2) is 24.7 Å². The second kappa shape index (κ2) is 8.41. The Kier molecular flexibility index (Phi) is 6.02. The molecule has 0 unspecified atom stereocenters. The number of phenolic OH excluding ortho intramolecular Hbond substituents is 1. The number of nitrogens with one attached hydrogen (secondary N) is 1. The number of hydrogen-bond donors (Lipinski definition) is 2. The quantitative estimate of drug-likeness (QED) is 0.623. The van der Waals surface area contributed by atoms with Crippen molar-refractivity contribution in [2.75, 3.05) is 19.0 Å². The minimum absolute atomic E-state index is 0.0161. The Morgan fingerprint density at radius 3 is 2.76 bits per heavy atom. The van der Waals surface area contributed by atoms with E-state index < -0.39 is 0 Å². The van der Waals surface area contributed by atoms with Crippen LogP contribution in [0.4, 0.5) is 5.69 Å². The van der Waals surface area contributed by atoms with Gasteiger partial charge in [0.25, 0.3) is 0 Å². The van der Waals surface area contributed by atoms with Crippen molar-refractivity contribution in [3.8, 4) is 23.3 Å². The smallest absolute Gasteiger partial charge is 0.248 e. The van der Waals surface area contributed by atoms with E-state index in [-0.39, 0.29) is 18.3 Å². The van der Waals surface area contributed by atoms with E-state index in [9.17, 15) is 9.90 Å². The first kappa shape index (κ1) is 17.9. The fourth-order valence-electron chi connectivity index (χ4n) is 2.11. The summed E-state index contributed by atoms with van der Waals surface area (Å²) < 4.78 is 10.5. The Labute approximate surface area is 145 Å². The Balaban J connectivity index is 2.07. The number of nitrogens with zero attached hydrogens (tertiary/aromatic N) is 1. The molecule has 2 aromatic rings. The SMILES string of the molecule is COc1cc(/C=C/C(=O)Nc2ccc(C)cc2O)ccc1OCC#N. The average Bonchev–Trinajstić information content (AvgIpc) is 2.60. The zero-order valence-electron chi connectivity index (χ0n) is 13.9. The van der Waals surface area contributed by atoms with Crippen molar-refractivity contribution in [2.45, 2.75) is 6.92 Å². The zero-order valence-corrected chi connectivity index (χ0v) is 13.9. The lowest BCUT2D eigenvalue weighted by atomic mass is 10.2. The second-order valence-corrected chi connectivity index (χ2v) is 5.20. The minimum atomic E-state index is -0.372. The van der Waals surface area contributed by atoms with Crippen LogP contribution in [0.3, 0.4) is 0 Å². The number of carbonyl (C=O) groups is 1. The molecule has 25 heavy (non-hydrogen) atoms. The summed E-state index contributed by atoms with van der Waals surface area (Å²) in [5.74, 6) is 0.564. The molecule has 0 atom stereocenters. The van der Waals surface area contributed by atoms with Crippen molar-refractivity contribution in [2.24, 2.45) is 0 Å². The van der Waals surface area contributed by atoms with Gasteiger partial charge in [0.15, 0.2) is 18.1 Å². The number of phenols is 1. The van der Waals surface area contributed by atoms with E-state index in [2.05, 4.69) is 5.32 Å². The predicted molar refractivity (Wildman–Crippen MR) is 94.6 cm³/mol. The minimum Gasteiger partial charge on any atom is -0.506 e. The highest BCUT2D eigenvalue weighted by Crippen LogP contribution is 2.28. The van der Waals surface area contributed by atoms with Gasteiger partial charge >= 0.3 is 0 Å². The average molecular weight is 338 g/mol. The lowest BCUT2D eigenvalue weighted by Crippen LogP contribution is -2.07. The molecule has 6 heteroatoms. The van der Waals surface area contributed by atoms with Gasteiger partial charge in [-0.25, -0.2) is 0 Å². The van der Waals surface area contributed by atoms with E-state index in [1.165, 1.54) is 13.2 Å². The van der Waals surface area contributed by atoms with Crippen LogP contribution in [0, 0.1) is 18.3 Å². The van der Waals surface area contributed by atoms with Gasteiger partial charge in [0.2, 0.25) is 5.91 Å². The van der Waals surface area contributed by atoms with Gasteiger partial charge in [-0.1, -0.05) is 12.1 Å². The molecule has 0 saturated carbocycles. The van der Waals surface area contributed by atoms with Crippen LogP contribution in [0.1, 0.15) is 11.1 Å². The summed E-state index contributed by atoms with van der Waals surface area (Å²) in [5, 5.41) is 21.0. The van der Waals surface area contributed by atoms with Crippen molar-refractivity contribution < 1.29 is 19.4 Å². The van der Waals surface area contributed by atoms with Crippen LogP contribution in [0.5, 0.6) is 17.2 Å². The number of anilines is 1. The Morgan fingerprint density at radius 1 is 1.28 bits per heavy atom. The Hall–Kier alpha value is -3.46. The third-order valence-corrected chi connectivity index (χ3v) is 3.32. The summed E-state index contributed by atoms with van der Waals surface area (Å²) in [5.41, 5.74) is 1.97.